The second-order valence-electron chi connectivity index (χ2n) is 4.08. The molecular weight excluding hydrogens is 308 g/mol. The molecule has 0 fully saturated rings. The third-order valence-electron chi connectivity index (χ3n) is 2.30. The van der Waals surface area contributed by atoms with E-state index in [-0.39, 0.29) is 16.9 Å². The first-order valence-electron chi connectivity index (χ1n) is 6.04. The molecule has 5 N–H and O–H groups in total. The Kier molecular flexibility index (Phi) is 6.05. The lowest BCUT2D eigenvalue weighted by molar-refractivity contribution is -0.132. The zero-order valence-electron chi connectivity index (χ0n) is 11.5. The zero-order valence-corrected chi connectivity index (χ0v) is 11.5. The standard InChI is InChI=1S/C14H12N2O7/c17-11(1-2-12(18)19)16-10-6-8(14(22)23)5-9(7-10)15-4-3-13(20)21/h1-7,15H,(H,16,17)(H,18,19)(H,20,21)(H,22,23)/b2-1+,4-3+. The monoisotopic (exact) mass is 320 g/mol. The summed E-state index contributed by atoms with van der Waals surface area (Å²) >= 11 is 0. The molecule has 0 saturated carbocycles. The van der Waals surface area contributed by atoms with Crippen LogP contribution in [0.1, 0.15) is 10.4 Å². The molecule has 1 rings (SSSR count). The molecule has 0 aromatic heterocycles. The minimum absolute atomic E-state index is 0.0937. The molecule has 1 aromatic rings. The number of carbonyl (C=O) groups excluding carboxylic acids is 1. The van der Waals surface area contributed by atoms with Crippen molar-refractivity contribution in [2.24, 2.45) is 0 Å². The van der Waals surface area contributed by atoms with Gasteiger partial charge in [-0.1, -0.05) is 0 Å². The van der Waals surface area contributed by atoms with Crippen molar-refractivity contribution in [3.05, 3.63) is 48.2 Å². The first kappa shape index (κ1) is 17.4. The van der Waals surface area contributed by atoms with Gasteiger partial charge in [0.1, 0.15) is 0 Å². The van der Waals surface area contributed by atoms with Crippen LogP contribution in [0.3, 0.4) is 0 Å². The van der Waals surface area contributed by atoms with Gasteiger partial charge in [-0.15, -0.1) is 0 Å². The summed E-state index contributed by atoms with van der Waals surface area (Å²) in [5.74, 6) is -4.52. The summed E-state index contributed by atoms with van der Waals surface area (Å²) in [7, 11) is 0. The van der Waals surface area contributed by atoms with Crippen LogP contribution < -0.4 is 10.6 Å². The highest BCUT2D eigenvalue weighted by atomic mass is 16.4. The number of hydrogen-bond acceptors (Lipinski definition) is 5. The fraction of sp³-hybridized carbons (Fsp3) is 0. The van der Waals surface area contributed by atoms with Gasteiger partial charge in [-0.3, -0.25) is 4.79 Å². The van der Waals surface area contributed by atoms with Crippen molar-refractivity contribution in [2.45, 2.75) is 0 Å². The van der Waals surface area contributed by atoms with Crippen LogP contribution in [0.5, 0.6) is 0 Å². The molecule has 9 nitrogen and oxygen atoms in total. The number of aromatic carboxylic acids is 1. The van der Waals surface area contributed by atoms with Crippen molar-refractivity contribution in [1.82, 2.24) is 0 Å². The molecule has 0 heterocycles. The van der Waals surface area contributed by atoms with E-state index in [1.165, 1.54) is 18.2 Å². The van der Waals surface area contributed by atoms with E-state index in [4.69, 9.17) is 15.3 Å². The number of hydrogen-bond donors (Lipinski definition) is 5. The van der Waals surface area contributed by atoms with Gasteiger partial charge in [0.25, 0.3) is 0 Å². The van der Waals surface area contributed by atoms with E-state index in [1.54, 1.807) is 0 Å². The minimum Gasteiger partial charge on any atom is -0.478 e. The average Bonchev–Trinajstić information content (AvgIpc) is 2.44. The van der Waals surface area contributed by atoms with E-state index in [0.29, 0.717) is 6.08 Å². The average molecular weight is 320 g/mol. The molecule has 0 radical (unpaired) electrons. The first-order chi connectivity index (χ1) is 10.8. The molecular formula is C14H12N2O7. The van der Waals surface area contributed by atoms with Crippen LogP contribution in [0, 0.1) is 0 Å². The van der Waals surface area contributed by atoms with Crippen molar-refractivity contribution in [2.75, 3.05) is 10.6 Å². The Bertz CT molecular complexity index is 707. The molecule has 0 spiro atoms. The summed E-state index contributed by atoms with van der Waals surface area (Å²) < 4.78 is 0. The SMILES string of the molecule is O=C(O)/C=C/Nc1cc(NC(=O)/C=C/C(=O)O)cc(C(=O)O)c1. The van der Waals surface area contributed by atoms with Crippen LogP contribution in [0.4, 0.5) is 11.4 Å². The number of nitrogens with one attached hydrogen (secondary N) is 2. The highest BCUT2D eigenvalue weighted by Gasteiger charge is 2.08. The van der Waals surface area contributed by atoms with Crippen molar-refractivity contribution in [1.29, 1.82) is 0 Å². The van der Waals surface area contributed by atoms with Gasteiger partial charge in [0.2, 0.25) is 5.91 Å². The van der Waals surface area contributed by atoms with E-state index < -0.39 is 23.8 Å². The minimum atomic E-state index is -1.30. The maximum absolute atomic E-state index is 11.5. The molecule has 9 heteroatoms. The molecule has 0 aliphatic heterocycles. The summed E-state index contributed by atoms with van der Waals surface area (Å²) in [6, 6.07) is 3.75. The molecule has 23 heavy (non-hydrogen) atoms. The predicted molar refractivity (Wildman–Crippen MR) is 79.2 cm³/mol. The summed E-state index contributed by atoms with van der Waals surface area (Å²) in [5.41, 5.74) is 0.160. The number of anilines is 2. The Morgan fingerprint density at radius 1 is 0.826 bits per heavy atom. The molecule has 120 valence electrons. The second-order valence-corrected chi connectivity index (χ2v) is 4.08. The summed E-state index contributed by atoms with van der Waals surface area (Å²) in [5, 5.41) is 30.8. The van der Waals surface area contributed by atoms with Crippen molar-refractivity contribution in [3.63, 3.8) is 0 Å². The molecule has 0 bridgehead atoms. The fourth-order valence-electron chi connectivity index (χ4n) is 1.45. The molecule has 0 unspecified atom stereocenters. The first-order valence-corrected chi connectivity index (χ1v) is 6.04. The maximum atomic E-state index is 11.5. The number of rotatable bonds is 7. The maximum Gasteiger partial charge on any atom is 0.335 e. The Labute approximate surface area is 129 Å². The number of aliphatic carboxylic acids is 2. The van der Waals surface area contributed by atoms with E-state index in [0.717, 1.165) is 18.4 Å². The van der Waals surface area contributed by atoms with Gasteiger partial charge in [-0.05, 0) is 18.2 Å². The summed E-state index contributed by atoms with van der Waals surface area (Å²) in [6.45, 7) is 0. The number of benzene rings is 1. The lowest BCUT2D eigenvalue weighted by Gasteiger charge is -2.08. The Balaban J connectivity index is 2.99. The van der Waals surface area contributed by atoms with Gasteiger partial charge in [0.05, 0.1) is 5.56 Å². The fourth-order valence-corrected chi connectivity index (χ4v) is 1.45. The number of carboxylic acid groups (broad SMARTS) is 3. The van der Waals surface area contributed by atoms with Gasteiger partial charge in [-0.2, -0.15) is 0 Å². The summed E-state index contributed by atoms with van der Waals surface area (Å²) in [4.78, 5) is 43.2. The lowest BCUT2D eigenvalue weighted by Crippen LogP contribution is -2.10. The van der Waals surface area contributed by atoms with Gasteiger partial charge < -0.3 is 26.0 Å². The number of amides is 1. The normalized spacial score (nSPS) is 10.6. The van der Waals surface area contributed by atoms with E-state index in [1.807, 2.05) is 0 Å². The lowest BCUT2D eigenvalue weighted by atomic mass is 10.1. The largest absolute Gasteiger partial charge is 0.478 e. The second kappa shape index (κ2) is 7.98. The third kappa shape index (κ3) is 6.58. The van der Waals surface area contributed by atoms with Gasteiger partial charge in [-0.25, -0.2) is 14.4 Å². The van der Waals surface area contributed by atoms with Crippen LogP contribution in [0.2, 0.25) is 0 Å². The highest BCUT2D eigenvalue weighted by molar-refractivity contribution is 6.03. The quantitative estimate of drug-likeness (QED) is 0.466. The van der Waals surface area contributed by atoms with E-state index in [2.05, 4.69) is 10.6 Å². The van der Waals surface area contributed by atoms with E-state index in [9.17, 15) is 19.2 Å². The molecule has 0 aliphatic carbocycles. The van der Waals surface area contributed by atoms with Crippen LogP contribution in [-0.4, -0.2) is 39.1 Å². The number of carbonyl (C=O) groups is 4. The van der Waals surface area contributed by atoms with Crippen molar-refractivity contribution >= 4 is 35.2 Å². The van der Waals surface area contributed by atoms with Crippen LogP contribution in [0.15, 0.2) is 42.6 Å². The van der Waals surface area contributed by atoms with Crippen molar-refractivity contribution in [3.8, 4) is 0 Å². The topological polar surface area (TPSA) is 153 Å². The Hall–Kier alpha value is -3.62. The molecule has 1 aromatic carbocycles. The van der Waals surface area contributed by atoms with Crippen LogP contribution in [0.25, 0.3) is 0 Å². The van der Waals surface area contributed by atoms with Gasteiger partial charge in [0, 0.05) is 35.8 Å². The number of carboxylic acids is 3. The molecule has 1 amide bonds. The van der Waals surface area contributed by atoms with Crippen molar-refractivity contribution < 1.29 is 34.5 Å². The third-order valence-corrected chi connectivity index (χ3v) is 2.30. The van der Waals surface area contributed by atoms with Crippen LogP contribution in [-0.2, 0) is 14.4 Å². The zero-order chi connectivity index (χ0) is 17.4. The predicted octanol–water partition coefficient (Wildman–Crippen LogP) is 0.974. The van der Waals surface area contributed by atoms with Crippen LogP contribution >= 0.6 is 0 Å². The Morgan fingerprint density at radius 3 is 2.00 bits per heavy atom. The molecule has 0 atom stereocenters. The molecule has 0 aliphatic rings. The smallest absolute Gasteiger partial charge is 0.335 e. The van der Waals surface area contributed by atoms with E-state index >= 15 is 0 Å². The Morgan fingerprint density at radius 2 is 1.43 bits per heavy atom. The summed E-state index contributed by atoms with van der Waals surface area (Å²) in [6.07, 6.45) is 3.29. The van der Waals surface area contributed by atoms with Gasteiger partial charge in [0.15, 0.2) is 0 Å². The van der Waals surface area contributed by atoms with Gasteiger partial charge >= 0.3 is 17.9 Å². The highest BCUT2D eigenvalue weighted by Crippen LogP contribution is 2.19. The molecule has 0 saturated heterocycles.